The molecule has 0 radical (unpaired) electrons. The molecule has 1 aliphatic carbocycles. The maximum atomic E-state index is 10.8. The topological polar surface area (TPSA) is 66.8 Å². The molecule has 0 saturated heterocycles. The Kier molecular flexibility index (Phi) is 7.71. The van der Waals surface area contributed by atoms with E-state index in [1.807, 2.05) is 0 Å². The quantitative estimate of drug-likeness (QED) is 0.421. The summed E-state index contributed by atoms with van der Waals surface area (Å²) >= 11 is 0. The predicted octanol–water partition coefficient (Wildman–Crippen LogP) is 1.58. The first kappa shape index (κ1) is 16.5. The Balaban J connectivity index is 2.17. The molecule has 0 aliphatic heterocycles. The van der Waals surface area contributed by atoms with Gasteiger partial charge in [-0.3, -0.25) is 4.79 Å². The number of allylic oxidation sites excluding steroid dienone is 3. The fourth-order valence-electron chi connectivity index (χ4n) is 1.64. The lowest BCUT2D eigenvalue weighted by atomic mass is 10.1. The van der Waals surface area contributed by atoms with E-state index >= 15 is 0 Å². The Morgan fingerprint density at radius 3 is 2.80 bits per heavy atom. The molecule has 2 atom stereocenters. The number of rotatable bonds is 7. The molecule has 1 saturated carbocycles. The van der Waals surface area contributed by atoms with Crippen LogP contribution in [0.2, 0.25) is 0 Å². The Hall–Kier alpha value is -1.57. The SMILES string of the molecule is COC(=O)CC[C@H](O)C#C/C=C/C=C/[C@H](O)CC1CC1. The summed E-state index contributed by atoms with van der Waals surface area (Å²) < 4.78 is 4.47. The van der Waals surface area contributed by atoms with Gasteiger partial charge in [-0.1, -0.05) is 42.9 Å². The Bertz CT molecular complexity index is 410. The Morgan fingerprint density at radius 1 is 1.40 bits per heavy atom. The predicted molar refractivity (Wildman–Crippen MR) is 76.7 cm³/mol. The third-order valence-electron chi connectivity index (χ3n) is 3.00. The molecule has 0 aromatic carbocycles. The zero-order valence-corrected chi connectivity index (χ0v) is 11.8. The highest BCUT2D eigenvalue weighted by Crippen LogP contribution is 2.33. The summed E-state index contributed by atoms with van der Waals surface area (Å²) in [6, 6.07) is 0. The van der Waals surface area contributed by atoms with E-state index in [1.165, 1.54) is 20.0 Å². The van der Waals surface area contributed by atoms with Crippen LogP contribution in [0.5, 0.6) is 0 Å². The first-order chi connectivity index (χ1) is 9.61. The van der Waals surface area contributed by atoms with Crippen molar-refractivity contribution in [2.75, 3.05) is 7.11 Å². The van der Waals surface area contributed by atoms with Crippen molar-refractivity contribution in [3.8, 4) is 11.8 Å². The number of esters is 1. The summed E-state index contributed by atoms with van der Waals surface area (Å²) in [5.41, 5.74) is 0. The maximum Gasteiger partial charge on any atom is 0.305 e. The van der Waals surface area contributed by atoms with Crippen LogP contribution in [0.3, 0.4) is 0 Å². The smallest absolute Gasteiger partial charge is 0.305 e. The van der Waals surface area contributed by atoms with E-state index in [0.717, 1.165) is 6.42 Å². The number of hydrogen-bond donors (Lipinski definition) is 2. The van der Waals surface area contributed by atoms with Crippen molar-refractivity contribution in [2.45, 2.75) is 44.3 Å². The largest absolute Gasteiger partial charge is 0.469 e. The second-order valence-corrected chi connectivity index (χ2v) is 4.91. The van der Waals surface area contributed by atoms with Crippen LogP contribution < -0.4 is 0 Å². The van der Waals surface area contributed by atoms with Crippen LogP contribution in [-0.2, 0) is 9.53 Å². The summed E-state index contributed by atoms with van der Waals surface area (Å²) in [4.78, 5) is 10.8. The van der Waals surface area contributed by atoms with Crippen LogP contribution >= 0.6 is 0 Å². The molecule has 110 valence electrons. The number of carbonyl (C=O) groups is 1. The van der Waals surface area contributed by atoms with Crippen molar-refractivity contribution >= 4 is 5.97 Å². The maximum absolute atomic E-state index is 10.8. The number of aliphatic hydroxyl groups is 2. The minimum Gasteiger partial charge on any atom is -0.469 e. The van der Waals surface area contributed by atoms with Crippen LogP contribution in [0.1, 0.15) is 32.1 Å². The fourth-order valence-corrected chi connectivity index (χ4v) is 1.64. The van der Waals surface area contributed by atoms with Crippen molar-refractivity contribution in [2.24, 2.45) is 5.92 Å². The third kappa shape index (κ3) is 8.52. The molecule has 20 heavy (non-hydrogen) atoms. The number of hydrogen-bond acceptors (Lipinski definition) is 4. The van der Waals surface area contributed by atoms with Crippen molar-refractivity contribution in [1.29, 1.82) is 0 Å². The van der Waals surface area contributed by atoms with Gasteiger partial charge in [-0.2, -0.15) is 0 Å². The Morgan fingerprint density at radius 2 is 2.15 bits per heavy atom. The number of aliphatic hydroxyl groups excluding tert-OH is 2. The zero-order chi connectivity index (χ0) is 14.8. The lowest BCUT2D eigenvalue weighted by molar-refractivity contribution is -0.141. The van der Waals surface area contributed by atoms with Gasteiger partial charge in [-0.05, 0) is 24.8 Å². The first-order valence-corrected chi connectivity index (χ1v) is 6.89. The summed E-state index contributed by atoms with van der Waals surface area (Å²) in [6.07, 6.45) is 9.32. The number of ether oxygens (including phenoxy) is 1. The highest BCUT2D eigenvalue weighted by Gasteiger charge is 2.23. The van der Waals surface area contributed by atoms with Crippen LogP contribution in [0.15, 0.2) is 24.3 Å². The van der Waals surface area contributed by atoms with Gasteiger partial charge in [0.05, 0.1) is 13.2 Å². The van der Waals surface area contributed by atoms with E-state index in [4.69, 9.17) is 0 Å². The summed E-state index contributed by atoms with van der Waals surface area (Å²) in [6.45, 7) is 0. The second-order valence-electron chi connectivity index (χ2n) is 4.91. The van der Waals surface area contributed by atoms with Crippen LogP contribution in [0.4, 0.5) is 0 Å². The molecule has 0 amide bonds. The molecule has 4 heteroatoms. The summed E-state index contributed by atoms with van der Waals surface area (Å²) in [7, 11) is 1.31. The summed E-state index contributed by atoms with van der Waals surface area (Å²) in [5, 5.41) is 19.1. The highest BCUT2D eigenvalue weighted by molar-refractivity contribution is 5.69. The monoisotopic (exact) mass is 278 g/mol. The molecule has 1 fully saturated rings. The van der Waals surface area contributed by atoms with Gasteiger partial charge in [0.2, 0.25) is 0 Å². The van der Waals surface area contributed by atoms with Gasteiger partial charge in [-0.15, -0.1) is 0 Å². The molecule has 1 aliphatic rings. The lowest BCUT2D eigenvalue weighted by Gasteiger charge is -2.01. The minimum absolute atomic E-state index is 0.156. The van der Waals surface area contributed by atoms with E-state index < -0.39 is 6.10 Å². The van der Waals surface area contributed by atoms with E-state index in [0.29, 0.717) is 5.92 Å². The molecule has 0 bridgehead atoms. The van der Waals surface area contributed by atoms with Crippen molar-refractivity contribution in [3.05, 3.63) is 24.3 Å². The molecule has 0 heterocycles. The zero-order valence-electron chi connectivity index (χ0n) is 11.8. The molecule has 4 nitrogen and oxygen atoms in total. The van der Waals surface area contributed by atoms with Crippen molar-refractivity contribution in [1.82, 2.24) is 0 Å². The molecule has 0 spiro atoms. The number of methoxy groups -OCH3 is 1. The Labute approximate surface area is 120 Å². The van der Waals surface area contributed by atoms with Crippen molar-refractivity contribution < 1.29 is 19.7 Å². The minimum atomic E-state index is -0.830. The molecular weight excluding hydrogens is 256 g/mol. The van der Waals surface area contributed by atoms with E-state index in [9.17, 15) is 15.0 Å². The van der Waals surface area contributed by atoms with E-state index in [1.54, 1.807) is 24.3 Å². The number of carbonyl (C=O) groups excluding carboxylic acids is 1. The molecular formula is C16H22O4. The van der Waals surface area contributed by atoms with Gasteiger partial charge in [-0.25, -0.2) is 0 Å². The van der Waals surface area contributed by atoms with E-state index in [2.05, 4.69) is 16.6 Å². The van der Waals surface area contributed by atoms with Crippen LogP contribution in [-0.4, -0.2) is 35.5 Å². The van der Waals surface area contributed by atoms with Gasteiger partial charge in [0.15, 0.2) is 0 Å². The highest BCUT2D eigenvalue weighted by atomic mass is 16.5. The normalized spacial score (nSPS) is 17.8. The average Bonchev–Trinajstić information content (AvgIpc) is 3.23. The van der Waals surface area contributed by atoms with Crippen LogP contribution in [0, 0.1) is 17.8 Å². The van der Waals surface area contributed by atoms with Gasteiger partial charge in [0, 0.05) is 6.42 Å². The molecule has 0 aromatic heterocycles. The van der Waals surface area contributed by atoms with Gasteiger partial charge in [0.25, 0.3) is 0 Å². The van der Waals surface area contributed by atoms with Gasteiger partial charge >= 0.3 is 5.97 Å². The molecule has 0 unspecified atom stereocenters. The van der Waals surface area contributed by atoms with E-state index in [-0.39, 0.29) is 24.9 Å². The molecule has 1 rings (SSSR count). The van der Waals surface area contributed by atoms with Crippen LogP contribution in [0.25, 0.3) is 0 Å². The van der Waals surface area contributed by atoms with Gasteiger partial charge in [0.1, 0.15) is 6.10 Å². The molecule has 2 N–H and O–H groups in total. The first-order valence-electron chi connectivity index (χ1n) is 6.89. The molecule has 0 aromatic rings. The van der Waals surface area contributed by atoms with Gasteiger partial charge < -0.3 is 14.9 Å². The third-order valence-corrected chi connectivity index (χ3v) is 3.00. The average molecular weight is 278 g/mol. The lowest BCUT2D eigenvalue weighted by Crippen LogP contribution is -2.08. The van der Waals surface area contributed by atoms with Crippen molar-refractivity contribution in [3.63, 3.8) is 0 Å². The second kappa shape index (κ2) is 9.35. The summed E-state index contributed by atoms with van der Waals surface area (Å²) in [5.74, 6) is 5.64. The fraction of sp³-hybridized carbons (Fsp3) is 0.562. The standard InChI is InChI=1S/C16H22O4/c1-20-16(19)11-10-14(17)6-4-2-3-5-7-15(18)12-13-8-9-13/h2-3,5,7,13-15,17-18H,8-12H2,1H3/b3-2+,7-5+/t14-,15+/m1/s1.